The smallest absolute Gasteiger partial charge is 0.268 e. The third-order valence-corrected chi connectivity index (χ3v) is 7.12. The van der Waals surface area contributed by atoms with E-state index in [-0.39, 0.29) is 12.7 Å². The Morgan fingerprint density at radius 2 is 1.21 bits per heavy atom. The summed E-state index contributed by atoms with van der Waals surface area (Å²) in [6.45, 7) is 4.45. The Morgan fingerprint density at radius 3 is 1.66 bits per heavy atom. The molecule has 0 aliphatic carbocycles. The van der Waals surface area contributed by atoms with Crippen molar-refractivity contribution in [1.82, 2.24) is 0 Å². The van der Waals surface area contributed by atoms with Crippen LogP contribution in [0.4, 0.5) is 0 Å². The van der Waals surface area contributed by atoms with Crippen LogP contribution < -0.4 is 9.79 Å². The summed E-state index contributed by atoms with van der Waals surface area (Å²) in [7, 11) is -2.00. The lowest BCUT2D eigenvalue weighted by molar-refractivity contribution is -0.885. The molecule has 1 aliphatic rings. The molecule has 1 fully saturated rings. The highest BCUT2D eigenvalue weighted by Crippen LogP contribution is 2.41. The van der Waals surface area contributed by atoms with Crippen LogP contribution >= 0.6 is 7.82 Å². The first-order valence-corrected chi connectivity index (χ1v) is 13.9. The number of piperidine rings is 1. The van der Waals surface area contributed by atoms with Gasteiger partial charge in [-0.1, -0.05) is 96.8 Å². The van der Waals surface area contributed by atoms with Crippen LogP contribution in [0.25, 0.3) is 0 Å². The topological polar surface area (TPSA) is 63.0 Å². The van der Waals surface area contributed by atoms with Crippen molar-refractivity contribution in [3.05, 3.63) is 0 Å². The van der Waals surface area contributed by atoms with Crippen molar-refractivity contribution in [2.45, 2.75) is 122 Å². The van der Waals surface area contributed by atoms with Gasteiger partial charge >= 0.3 is 0 Å². The lowest BCUT2D eigenvalue weighted by Gasteiger charge is -2.31. The highest BCUT2D eigenvalue weighted by atomic mass is 31.2. The highest BCUT2D eigenvalue weighted by Gasteiger charge is 2.24. The molecule has 0 bridgehead atoms. The second-order valence-corrected chi connectivity index (χ2v) is 10.4. The fourth-order valence-electron chi connectivity index (χ4n) is 4.05. The summed E-state index contributed by atoms with van der Waals surface area (Å²) in [5.74, 6) is 0. The quantitative estimate of drug-likeness (QED) is 0.229. The van der Waals surface area contributed by atoms with Crippen LogP contribution in [0.3, 0.4) is 0 Å². The molecule has 0 saturated carbocycles. The van der Waals surface area contributed by atoms with Crippen LogP contribution in [0, 0.1) is 0 Å². The molecule has 1 rings (SSSR count). The van der Waals surface area contributed by atoms with Gasteiger partial charge in [-0.25, -0.2) is 0 Å². The third kappa shape index (κ3) is 16.4. The van der Waals surface area contributed by atoms with Crippen LogP contribution in [0.5, 0.6) is 0 Å². The van der Waals surface area contributed by atoms with E-state index in [1.165, 1.54) is 88.4 Å². The van der Waals surface area contributed by atoms with Crippen molar-refractivity contribution >= 4 is 7.82 Å². The summed E-state index contributed by atoms with van der Waals surface area (Å²) < 4.78 is 22.2. The number of hydrogen-bond donors (Lipinski definition) is 1. The fourth-order valence-corrected chi connectivity index (χ4v) is 5.04. The summed E-state index contributed by atoms with van der Waals surface area (Å²) >= 11 is 0. The number of likely N-dealkylation sites (tertiary alicyclic amines) is 1. The molecule has 1 aliphatic heterocycles. The van der Waals surface area contributed by atoms with Crippen molar-refractivity contribution in [1.29, 1.82) is 0 Å². The Kier molecular flexibility index (Phi) is 16.6. The summed E-state index contributed by atoms with van der Waals surface area (Å²) in [4.78, 5) is 13.3. The van der Waals surface area contributed by atoms with Crippen molar-refractivity contribution < 1.29 is 23.4 Å². The summed E-state index contributed by atoms with van der Waals surface area (Å²) in [5, 5.41) is 0. The van der Waals surface area contributed by atoms with E-state index in [1.807, 2.05) is 0 Å². The van der Waals surface area contributed by atoms with E-state index in [4.69, 9.17) is 9.05 Å². The zero-order chi connectivity index (χ0) is 21.2. The molecule has 0 aromatic rings. The highest BCUT2D eigenvalue weighted by molar-refractivity contribution is 7.45. The first kappa shape index (κ1) is 27.1. The molecular formula is C23H48NO4P. The second-order valence-electron chi connectivity index (χ2n) is 8.99. The average molecular weight is 434 g/mol. The lowest BCUT2D eigenvalue weighted by atomic mass is 10.0. The van der Waals surface area contributed by atoms with Gasteiger partial charge in [-0.15, -0.1) is 0 Å². The van der Waals surface area contributed by atoms with E-state index in [2.05, 4.69) is 14.0 Å². The lowest BCUT2D eigenvalue weighted by Crippen LogP contribution is -3.10. The molecule has 0 aromatic carbocycles. The molecule has 1 N–H and O–H groups in total. The van der Waals surface area contributed by atoms with E-state index < -0.39 is 7.82 Å². The van der Waals surface area contributed by atoms with Gasteiger partial charge in [0.05, 0.1) is 32.8 Å². The third-order valence-electron chi connectivity index (χ3n) is 6.06. The molecule has 0 spiro atoms. The van der Waals surface area contributed by atoms with Crippen LogP contribution in [0.2, 0.25) is 0 Å². The average Bonchev–Trinajstić information content (AvgIpc) is 2.69. The molecule has 0 aromatic heterocycles. The molecule has 1 heterocycles. The van der Waals surface area contributed by atoms with Crippen molar-refractivity contribution in [3.63, 3.8) is 0 Å². The first-order valence-electron chi connectivity index (χ1n) is 12.5. The predicted octanol–water partition coefficient (Wildman–Crippen LogP) is 5.04. The van der Waals surface area contributed by atoms with E-state index in [0.29, 0.717) is 0 Å². The Hall–Kier alpha value is 0.0700. The molecule has 1 unspecified atom stereocenters. The molecule has 0 radical (unpaired) electrons. The number of hydrogen-bond acceptors (Lipinski definition) is 4. The van der Waals surface area contributed by atoms with Crippen LogP contribution in [-0.2, 0) is 13.6 Å². The maximum absolute atomic E-state index is 11.9. The number of phosphoric ester groups is 1. The molecule has 0 amide bonds. The van der Waals surface area contributed by atoms with Crippen molar-refractivity contribution in [3.8, 4) is 0 Å². The molecule has 1 atom stereocenters. The van der Waals surface area contributed by atoms with Crippen LogP contribution in [0.1, 0.15) is 116 Å². The van der Waals surface area contributed by atoms with Crippen molar-refractivity contribution in [2.24, 2.45) is 0 Å². The molecular weight excluding hydrogens is 385 g/mol. The molecule has 5 nitrogen and oxygen atoms in total. The van der Waals surface area contributed by atoms with Gasteiger partial charge in [0.1, 0.15) is 0 Å². The largest absolute Gasteiger partial charge is 0.756 e. The van der Waals surface area contributed by atoms with Crippen molar-refractivity contribution in [2.75, 3.05) is 26.7 Å². The zero-order valence-electron chi connectivity index (χ0n) is 19.3. The number of phosphoric acid groups is 1. The normalized spacial score (nSPS) is 21.9. The van der Waals surface area contributed by atoms with Gasteiger partial charge in [0, 0.05) is 12.8 Å². The van der Waals surface area contributed by atoms with Crippen LogP contribution in [0.15, 0.2) is 0 Å². The Morgan fingerprint density at radius 1 is 0.793 bits per heavy atom. The van der Waals surface area contributed by atoms with Gasteiger partial charge in [-0.05, 0) is 6.42 Å². The minimum absolute atomic E-state index is 0.192. The van der Waals surface area contributed by atoms with Gasteiger partial charge in [-0.3, -0.25) is 4.57 Å². The summed E-state index contributed by atoms with van der Waals surface area (Å²) in [5.41, 5.74) is 0. The first-order chi connectivity index (χ1) is 14.0. The maximum Gasteiger partial charge on any atom is 0.268 e. The minimum Gasteiger partial charge on any atom is -0.756 e. The van der Waals surface area contributed by atoms with E-state index in [0.717, 1.165) is 38.8 Å². The van der Waals surface area contributed by atoms with Gasteiger partial charge in [-0.2, -0.15) is 0 Å². The zero-order valence-corrected chi connectivity index (χ0v) is 20.2. The molecule has 174 valence electrons. The van der Waals surface area contributed by atoms with E-state index in [1.54, 1.807) is 0 Å². The fraction of sp³-hybridized carbons (Fsp3) is 1.00. The van der Waals surface area contributed by atoms with Gasteiger partial charge in [0.2, 0.25) is 0 Å². The Bertz CT molecular complexity index is 414. The predicted molar refractivity (Wildman–Crippen MR) is 119 cm³/mol. The summed E-state index contributed by atoms with van der Waals surface area (Å²) in [6, 6.07) is 0. The molecule has 29 heavy (non-hydrogen) atoms. The monoisotopic (exact) mass is 433 g/mol. The second kappa shape index (κ2) is 17.7. The SMILES string of the molecule is CCCCCCCCCCCCCCCCCOP(=O)([O-])OC1CC[NH+](C)CC1. The van der Waals surface area contributed by atoms with E-state index in [9.17, 15) is 9.46 Å². The number of quaternary nitrogens is 1. The number of nitrogens with one attached hydrogen (secondary N) is 1. The number of rotatable bonds is 19. The maximum atomic E-state index is 11.9. The number of unbranched alkanes of at least 4 members (excludes halogenated alkanes) is 14. The van der Waals surface area contributed by atoms with Crippen LogP contribution in [-0.4, -0.2) is 32.8 Å². The van der Waals surface area contributed by atoms with Gasteiger partial charge < -0.3 is 18.8 Å². The molecule has 1 saturated heterocycles. The Balaban J connectivity index is 1.82. The minimum atomic E-state index is -4.13. The van der Waals surface area contributed by atoms with Gasteiger partial charge in [0.25, 0.3) is 7.82 Å². The standard InChI is InChI=1S/C23H48NO4P/c1-3-4-5-6-7-8-9-10-11-12-13-14-15-16-17-22-27-29(25,26)28-23-18-20-24(2)21-19-23/h23H,3-22H2,1-2H3,(H,25,26). The van der Waals surface area contributed by atoms with E-state index >= 15 is 0 Å². The Labute approximate surface area is 180 Å². The summed E-state index contributed by atoms with van der Waals surface area (Å²) in [6.07, 6.45) is 20.9. The van der Waals surface area contributed by atoms with Gasteiger partial charge in [0.15, 0.2) is 0 Å². The molecule has 6 heteroatoms.